The van der Waals surface area contributed by atoms with Gasteiger partial charge in [0.05, 0.1) is 0 Å². The van der Waals surface area contributed by atoms with Crippen molar-refractivity contribution in [2.45, 2.75) is 25.8 Å². The first-order valence-corrected chi connectivity index (χ1v) is 7.10. The molecule has 0 bridgehead atoms. The number of hydrogen-bond acceptors (Lipinski definition) is 2. The number of nitrogens with zero attached hydrogens (tertiary/aromatic N) is 1. The van der Waals surface area contributed by atoms with Crippen molar-refractivity contribution >= 4 is 5.91 Å². The molecule has 2 aromatic rings. The SMILES string of the molecule is Cc1ccc(C(=O)N(C)C2Cc3ccccc3C2)c(=O)[nH]1. The minimum absolute atomic E-state index is 0.121. The highest BCUT2D eigenvalue weighted by Crippen LogP contribution is 2.25. The molecule has 0 radical (unpaired) electrons. The number of nitrogens with one attached hydrogen (secondary N) is 1. The van der Waals surface area contributed by atoms with E-state index in [1.165, 1.54) is 11.1 Å². The zero-order chi connectivity index (χ0) is 15.0. The quantitative estimate of drug-likeness (QED) is 0.915. The summed E-state index contributed by atoms with van der Waals surface area (Å²) in [6.07, 6.45) is 1.70. The zero-order valence-electron chi connectivity index (χ0n) is 12.2. The number of carbonyl (C=O) groups excluding carboxylic acids is 1. The Kier molecular flexibility index (Phi) is 3.37. The molecule has 0 atom stereocenters. The van der Waals surface area contributed by atoms with E-state index in [0.29, 0.717) is 0 Å². The molecule has 0 saturated carbocycles. The van der Waals surface area contributed by atoms with Crippen molar-refractivity contribution in [1.82, 2.24) is 9.88 Å². The van der Waals surface area contributed by atoms with E-state index in [4.69, 9.17) is 0 Å². The van der Waals surface area contributed by atoms with Crippen molar-refractivity contribution in [1.29, 1.82) is 0 Å². The van der Waals surface area contributed by atoms with Gasteiger partial charge in [-0.05, 0) is 43.0 Å². The summed E-state index contributed by atoms with van der Waals surface area (Å²) in [6, 6.07) is 11.7. The summed E-state index contributed by atoms with van der Waals surface area (Å²) in [7, 11) is 1.78. The summed E-state index contributed by atoms with van der Waals surface area (Å²) < 4.78 is 0. The third kappa shape index (κ3) is 2.49. The van der Waals surface area contributed by atoms with Crippen LogP contribution in [0.5, 0.6) is 0 Å². The Morgan fingerprint density at radius 2 is 1.76 bits per heavy atom. The van der Waals surface area contributed by atoms with E-state index in [1.54, 1.807) is 31.0 Å². The molecule has 1 aliphatic rings. The molecule has 0 unspecified atom stereocenters. The number of likely N-dealkylation sites (N-methyl/N-ethyl adjacent to an activating group) is 1. The van der Waals surface area contributed by atoms with Crippen molar-refractivity contribution in [2.75, 3.05) is 7.05 Å². The number of pyridine rings is 1. The van der Waals surface area contributed by atoms with Crippen molar-refractivity contribution in [2.24, 2.45) is 0 Å². The second kappa shape index (κ2) is 5.20. The number of amides is 1. The van der Waals surface area contributed by atoms with Gasteiger partial charge in [0.1, 0.15) is 5.56 Å². The van der Waals surface area contributed by atoms with Crippen LogP contribution in [-0.4, -0.2) is 28.9 Å². The molecule has 1 heterocycles. The third-order valence-corrected chi connectivity index (χ3v) is 4.18. The molecule has 1 N–H and O–H groups in total. The Morgan fingerprint density at radius 3 is 2.33 bits per heavy atom. The first-order chi connectivity index (χ1) is 10.1. The number of aryl methyl sites for hydroxylation is 1. The molecular formula is C17H18N2O2. The zero-order valence-corrected chi connectivity index (χ0v) is 12.2. The lowest BCUT2D eigenvalue weighted by molar-refractivity contribution is 0.0736. The Labute approximate surface area is 123 Å². The van der Waals surface area contributed by atoms with Gasteiger partial charge in [0.15, 0.2) is 0 Å². The molecular weight excluding hydrogens is 264 g/mol. The maximum absolute atomic E-state index is 12.5. The second-order valence-electron chi connectivity index (χ2n) is 5.63. The van der Waals surface area contributed by atoms with Gasteiger partial charge in [0.25, 0.3) is 11.5 Å². The van der Waals surface area contributed by atoms with Gasteiger partial charge in [-0.3, -0.25) is 9.59 Å². The van der Waals surface area contributed by atoms with Gasteiger partial charge in [-0.15, -0.1) is 0 Å². The van der Waals surface area contributed by atoms with Gasteiger partial charge in [0.2, 0.25) is 0 Å². The van der Waals surface area contributed by atoms with Crippen LogP contribution in [0.15, 0.2) is 41.2 Å². The molecule has 4 nitrogen and oxygen atoms in total. The predicted molar refractivity (Wildman–Crippen MR) is 81.5 cm³/mol. The van der Waals surface area contributed by atoms with E-state index < -0.39 is 0 Å². The molecule has 0 saturated heterocycles. The number of aromatic nitrogens is 1. The topological polar surface area (TPSA) is 53.2 Å². The lowest BCUT2D eigenvalue weighted by atomic mass is 10.1. The highest BCUT2D eigenvalue weighted by Gasteiger charge is 2.28. The molecule has 1 aliphatic carbocycles. The summed E-state index contributed by atoms with van der Waals surface area (Å²) in [5.41, 5.74) is 3.23. The first-order valence-electron chi connectivity index (χ1n) is 7.10. The highest BCUT2D eigenvalue weighted by atomic mass is 16.2. The van der Waals surface area contributed by atoms with Crippen LogP contribution in [-0.2, 0) is 12.8 Å². The maximum Gasteiger partial charge on any atom is 0.260 e. The van der Waals surface area contributed by atoms with Gasteiger partial charge in [-0.25, -0.2) is 0 Å². The normalized spacial score (nSPS) is 14.0. The minimum Gasteiger partial charge on any atom is -0.338 e. The number of hydrogen-bond donors (Lipinski definition) is 1. The number of aromatic amines is 1. The monoisotopic (exact) mass is 282 g/mol. The lowest BCUT2D eigenvalue weighted by Gasteiger charge is -2.24. The molecule has 108 valence electrons. The molecule has 0 spiro atoms. The number of carbonyl (C=O) groups is 1. The van der Waals surface area contributed by atoms with E-state index in [-0.39, 0.29) is 23.1 Å². The summed E-state index contributed by atoms with van der Waals surface area (Å²) in [5.74, 6) is -0.214. The molecule has 0 aliphatic heterocycles. The largest absolute Gasteiger partial charge is 0.338 e. The van der Waals surface area contributed by atoms with E-state index in [0.717, 1.165) is 18.5 Å². The molecule has 0 fully saturated rings. The molecule has 1 aromatic heterocycles. The van der Waals surface area contributed by atoms with Crippen molar-refractivity contribution in [3.63, 3.8) is 0 Å². The Balaban J connectivity index is 1.82. The van der Waals surface area contributed by atoms with Crippen LogP contribution in [0.1, 0.15) is 27.2 Å². The van der Waals surface area contributed by atoms with Gasteiger partial charge in [-0.1, -0.05) is 24.3 Å². The van der Waals surface area contributed by atoms with Crippen molar-refractivity contribution < 1.29 is 4.79 Å². The Bertz CT molecular complexity index is 723. The average molecular weight is 282 g/mol. The number of benzene rings is 1. The van der Waals surface area contributed by atoms with Crippen LogP contribution < -0.4 is 5.56 Å². The van der Waals surface area contributed by atoms with E-state index in [1.807, 2.05) is 12.1 Å². The fourth-order valence-corrected chi connectivity index (χ4v) is 2.91. The average Bonchev–Trinajstić information content (AvgIpc) is 2.89. The predicted octanol–water partition coefficient (Wildman–Crippen LogP) is 1.92. The van der Waals surface area contributed by atoms with Gasteiger partial charge in [0, 0.05) is 18.8 Å². The smallest absolute Gasteiger partial charge is 0.260 e. The van der Waals surface area contributed by atoms with Crippen molar-refractivity contribution in [3.05, 3.63) is 69.1 Å². The van der Waals surface area contributed by atoms with Crippen LogP contribution in [0.3, 0.4) is 0 Å². The van der Waals surface area contributed by atoms with Crippen LogP contribution in [0.4, 0.5) is 0 Å². The number of rotatable bonds is 2. The van der Waals surface area contributed by atoms with E-state index >= 15 is 0 Å². The van der Waals surface area contributed by atoms with Crippen molar-refractivity contribution in [3.8, 4) is 0 Å². The van der Waals surface area contributed by atoms with Gasteiger partial charge in [-0.2, -0.15) is 0 Å². The van der Waals surface area contributed by atoms with Crippen LogP contribution >= 0.6 is 0 Å². The number of H-pyrrole nitrogens is 1. The fraction of sp³-hybridized carbons (Fsp3) is 0.294. The Hall–Kier alpha value is -2.36. The molecule has 1 aromatic carbocycles. The summed E-state index contributed by atoms with van der Waals surface area (Å²) in [6.45, 7) is 1.80. The van der Waals surface area contributed by atoms with Gasteiger partial charge >= 0.3 is 0 Å². The standard InChI is InChI=1S/C17H18N2O2/c1-11-7-8-15(16(20)18-11)17(21)19(2)14-9-12-5-3-4-6-13(12)10-14/h3-8,14H,9-10H2,1-2H3,(H,18,20). The van der Waals surface area contributed by atoms with Crippen LogP contribution in [0.2, 0.25) is 0 Å². The molecule has 21 heavy (non-hydrogen) atoms. The molecule has 3 rings (SSSR count). The minimum atomic E-state index is -0.317. The summed E-state index contributed by atoms with van der Waals surface area (Å²) >= 11 is 0. The second-order valence-corrected chi connectivity index (χ2v) is 5.63. The van der Waals surface area contributed by atoms with Crippen LogP contribution in [0.25, 0.3) is 0 Å². The highest BCUT2D eigenvalue weighted by molar-refractivity contribution is 5.94. The van der Waals surface area contributed by atoms with Crippen LogP contribution in [0, 0.1) is 6.92 Å². The molecule has 1 amide bonds. The summed E-state index contributed by atoms with van der Waals surface area (Å²) in [5, 5.41) is 0. The number of fused-ring (bicyclic) bond motifs is 1. The lowest BCUT2D eigenvalue weighted by Crippen LogP contribution is -2.40. The third-order valence-electron chi connectivity index (χ3n) is 4.18. The van der Waals surface area contributed by atoms with E-state index in [9.17, 15) is 9.59 Å². The van der Waals surface area contributed by atoms with E-state index in [2.05, 4.69) is 17.1 Å². The Morgan fingerprint density at radius 1 is 1.14 bits per heavy atom. The maximum atomic E-state index is 12.5. The summed E-state index contributed by atoms with van der Waals surface area (Å²) in [4.78, 5) is 28.8. The van der Waals surface area contributed by atoms with Gasteiger partial charge < -0.3 is 9.88 Å². The fourth-order valence-electron chi connectivity index (χ4n) is 2.91. The first kappa shape index (κ1) is 13.6. The molecule has 4 heteroatoms.